The summed E-state index contributed by atoms with van der Waals surface area (Å²) in [7, 11) is 0. The summed E-state index contributed by atoms with van der Waals surface area (Å²) in [5.74, 6) is -0.181. The van der Waals surface area contributed by atoms with Crippen LogP contribution in [0.25, 0.3) is 0 Å². The van der Waals surface area contributed by atoms with Crippen molar-refractivity contribution in [1.29, 1.82) is 0 Å². The van der Waals surface area contributed by atoms with Crippen molar-refractivity contribution in [1.82, 2.24) is 10.2 Å². The summed E-state index contributed by atoms with van der Waals surface area (Å²) < 4.78 is 0. The fraction of sp³-hybridized carbons (Fsp3) is 0.467. The number of nitrogens with one attached hydrogen (secondary N) is 1. The molecule has 0 atom stereocenters. The maximum atomic E-state index is 12.3. The molecular weight excluding hydrogens is 256 g/mol. The second kappa shape index (κ2) is 7.65. The van der Waals surface area contributed by atoms with E-state index in [0.717, 1.165) is 5.56 Å². The Labute approximate surface area is 119 Å². The first-order valence-corrected chi connectivity index (χ1v) is 6.71. The van der Waals surface area contributed by atoms with E-state index in [0.29, 0.717) is 18.7 Å². The lowest BCUT2D eigenvalue weighted by Gasteiger charge is -2.26. The van der Waals surface area contributed by atoms with Gasteiger partial charge < -0.3 is 15.3 Å². The van der Waals surface area contributed by atoms with Gasteiger partial charge in [0.15, 0.2) is 0 Å². The third-order valence-corrected chi connectivity index (χ3v) is 2.97. The summed E-state index contributed by atoms with van der Waals surface area (Å²) in [5, 5.41) is 11.7. The molecule has 0 unspecified atom stereocenters. The number of aliphatic hydroxyl groups excluding tert-OH is 1. The number of amides is 2. The van der Waals surface area contributed by atoms with Crippen LogP contribution >= 0.6 is 0 Å². The minimum Gasteiger partial charge on any atom is -0.395 e. The number of nitrogens with zero attached hydrogens (tertiary/aromatic N) is 1. The summed E-state index contributed by atoms with van der Waals surface area (Å²) in [6.45, 7) is 6.02. The Bertz CT molecular complexity index is 455. The first-order chi connectivity index (χ1) is 9.45. The van der Waals surface area contributed by atoms with Crippen LogP contribution in [0.15, 0.2) is 24.3 Å². The maximum absolute atomic E-state index is 12.3. The van der Waals surface area contributed by atoms with Gasteiger partial charge in [0, 0.05) is 31.6 Å². The molecule has 1 rings (SSSR count). The monoisotopic (exact) mass is 278 g/mol. The molecule has 0 aromatic heterocycles. The minimum atomic E-state index is -0.0971. The normalized spacial score (nSPS) is 10.4. The van der Waals surface area contributed by atoms with Gasteiger partial charge in [0.25, 0.3) is 5.91 Å². The van der Waals surface area contributed by atoms with Crippen molar-refractivity contribution < 1.29 is 14.7 Å². The summed E-state index contributed by atoms with van der Waals surface area (Å²) in [5.41, 5.74) is 1.52. The van der Waals surface area contributed by atoms with Gasteiger partial charge in [-0.25, -0.2) is 0 Å². The lowest BCUT2D eigenvalue weighted by atomic mass is 10.1. The van der Waals surface area contributed by atoms with Crippen molar-refractivity contribution in [3.8, 4) is 0 Å². The van der Waals surface area contributed by atoms with E-state index in [4.69, 9.17) is 5.11 Å². The fourth-order valence-corrected chi connectivity index (χ4v) is 1.86. The zero-order valence-electron chi connectivity index (χ0n) is 12.2. The highest BCUT2D eigenvalue weighted by Crippen LogP contribution is 2.10. The van der Waals surface area contributed by atoms with Gasteiger partial charge in [-0.3, -0.25) is 9.59 Å². The second-order valence-electron chi connectivity index (χ2n) is 4.92. The van der Waals surface area contributed by atoms with Gasteiger partial charge in [0.05, 0.1) is 6.61 Å². The van der Waals surface area contributed by atoms with Crippen LogP contribution in [0.5, 0.6) is 0 Å². The Morgan fingerprint density at radius 3 is 2.30 bits per heavy atom. The Morgan fingerprint density at radius 2 is 1.85 bits per heavy atom. The Morgan fingerprint density at radius 1 is 1.25 bits per heavy atom. The standard InChI is InChI=1S/C15H22N2O3/c1-11(2)17(8-9-18)15(20)14-6-4-13(5-7-14)10-16-12(3)19/h4-7,11,18H,8-10H2,1-3H3,(H,16,19). The van der Waals surface area contributed by atoms with Crippen LogP contribution in [0.4, 0.5) is 0 Å². The molecule has 2 amide bonds. The SMILES string of the molecule is CC(=O)NCc1ccc(C(=O)N(CCO)C(C)C)cc1. The number of hydrogen-bond acceptors (Lipinski definition) is 3. The molecule has 0 aliphatic heterocycles. The predicted octanol–water partition coefficient (Wildman–Crippen LogP) is 1.17. The van der Waals surface area contributed by atoms with Crippen molar-refractivity contribution in [2.75, 3.05) is 13.2 Å². The van der Waals surface area contributed by atoms with Crippen LogP contribution in [0.3, 0.4) is 0 Å². The number of rotatable bonds is 6. The third-order valence-electron chi connectivity index (χ3n) is 2.97. The average Bonchev–Trinajstić information content (AvgIpc) is 2.42. The molecule has 0 aliphatic rings. The Kier molecular flexibility index (Phi) is 6.18. The highest BCUT2D eigenvalue weighted by atomic mass is 16.3. The van der Waals surface area contributed by atoms with Gasteiger partial charge in [0.2, 0.25) is 5.91 Å². The largest absolute Gasteiger partial charge is 0.395 e. The van der Waals surface area contributed by atoms with Crippen LogP contribution in [0, 0.1) is 0 Å². The molecule has 0 fully saturated rings. The quantitative estimate of drug-likeness (QED) is 0.820. The van der Waals surface area contributed by atoms with E-state index >= 15 is 0 Å². The first-order valence-electron chi connectivity index (χ1n) is 6.71. The molecule has 20 heavy (non-hydrogen) atoms. The van der Waals surface area contributed by atoms with E-state index in [-0.39, 0.29) is 24.5 Å². The predicted molar refractivity (Wildman–Crippen MR) is 77.2 cm³/mol. The van der Waals surface area contributed by atoms with E-state index in [1.54, 1.807) is 17.0 Å². The number of carbonyl (C=O) groups is 2. The van der Waals surface area contributed by atoms with E-state index in [9.17, 15) is 9.59 Å². The number of carbonyl (C=O) groups excluding carboxylic acids is 2. The van der Waals surface area contributed by atoms with Gasteiger partial charge in [-0.05, 0) is 31.5 Å². The van der Waals surface area contributed by atoms with Crippen LogP contribution in [-0.4, -0.2) is 41.0 Å². The first kappa shape index (κ1) is 16.2. The molecule has 0 heterocycles. The van der Waals surface area contributed by atoms with Crippen LogP contribution in [0.2, 0.25) is 0 Å². The zero-order valence-corrected chi connectivity index (χ0v) is 12.2. The molecule has 1 aromatic rings. The Hall–Kier alpha value is -1.88. The number of hydrogen-bond donors (Lipinski definition) is 2. The van der Waals surface area contributed by atoms with Crippen LogP contribution in [-0.2, 0) is 11.3 Å². The topological polar surface area (TPSA) is 69.6 Å². The third kappa shape index (κ3) is 4.66. The average molecular weight is 278 g/mol. The lowest BCUT2D eigenvalue weighted by molar-refractivity contribution is -0.119. The number of aliphatic hydroxyl groups is 1. The molecular formula is C15H22N2O3. The highest BCUT2D eigenvalue weighted by Gasteiger charge is 2.17. The molecule has 0 spiro atoms. The van der Waals surface area contributed by atoms with Crippen LogP contribution in [0.1, 0.15) is 36.7 Å². The molecule has 110 valence electrons. The van der Waals surface area contributed by atoms with E-state index < -0.39 is 0 Å². The van der Waals surface area contributed by atoms with Crippen molar-refractivity contribution in [3.63, 3.8) is 0 Å². The molecule has 2 N–H and O–H groups in total. The zero-order chi connectivity index (χ0) is 15.1. The van der Waals surface area contributed by atoms with Crippen molar-refractivity contribution in [2.45, 2.75) is 33.4 Å². The molecule has 0 bridgehead atoms. The molecule has 5 nitrogen and oxygen atoms in total. The second-order valence-corrected chi connectivity index (χ2v) is 4.92. The van der Waals surface area contributed by atoms with Gasteiger partial charge in [-0.15, -0.1) is 0 Å². The molecule has 5 heteroatoms. The number of benzene rings is 1. The molecule has 0 saturated carbocycles. The van der Waals surface area contributed by atoms with Crippen molar-refractivity contribution in [3.05, 3.63) is 35.4 Å². The summed E-state index contributed by atoms with van der Waals surface area (Å²) in [4.78, 5) is 24.8. The van der Waals surface area contributed by atoms with Gasteiger partial charge in [-0.1, -0.05) is 12.1 Å². The molecule has 1 aromatic carbocycles. The highest BCUT2D eigenvalue weighted by molar-refractivity contribution is 5.94. The smallest absolute Gasteiger partial charge is 0.254 e. The van der Waals surface area contributed by atoms with Gasteiger partial charge >= 0.3 is 0 Å². The molecule has 0 aliphatic carbocycles. The van der Waals surface area contributed by atoms with Crippen molar-refractivity contribution >= 4 is 11.8 Å². The van der Waals surface area contributed by atoms with E-state index in [1.807, 2.05) is 26.0 Å². The summed E-state index contributed by atoms with van der Waals surface area (Å²) in [6.07, 6.45) is 0. The Balaban J connectivity index is 2.76. The maximum Gasteiger partial charge on any atom is 0.254 e. The summed E-state index contributed by atoms with van der Waals surface area (Å²) >= 11 is 0. The van der Waals surface area contributed by atoms with E-state index in [1.165, 1.54) is 6.92 Å². The van der Waals surface area contributed by atoms with Crippen molar-refractivity contribution in [2.24, 2.45) is 0 Å². The molecule has 0 saturated heterocycles. The minimum absolute atomic E-state index is 0.0358. The molecule has 0 radical (unpaired) electrons. The summed E-state index contributed by atoms with van der Waals surface area (Å²) in [6, 6.07) is 7.16. The van der Waals surface area contributed by atoms with E-state index in [2.05, 4.69) is 5.32 Å². The lowest BCUT2D eigenvalue weighted by Crippen LogP contribution is -2.39. The van der Waals surface area contributed by atoms with Crippen LogP contribution < -0.4 is 5.32 Å². The van der Waals surface area contributed by atoms with Gasteiger partial charge in [-0.2, -0.15) is 0 Å². The van der Waals surface area contributed by atoms with Gasteiger partial charge in [0.1, 0.15) is 0 Å². The fourth-order valence-electron chi connectivity index (χ4n) is 1.86.